The highest BCUT2D eigenvalue weighted by Gasteiger charge is 2.41. The van der Waals surface area contributed by atoms with Gasteiger partial charge in [-0.15, -0.1) is 5.10 Å². The molecule has 2 fully saturated rings. The van der Waals surface area contributed by atoms with E-state index in [0.29, 0.717) is 5.92 Å². The molecule has 3 atom stereocenters. The SMILES string of the molecule is CNC(=O)[C@H]1C[C@@H]2CCN(c3ccc(C)nn3)C[C@@H]2O1. The molecule has 6 nitrogen and oxygen atoms in total. The molecule has 3 heterocycles. The van der Waals surface area contributed by atoms with E-state index in [2.05, 4.69) is 20.4 Å². The predicted octanol–water partition coefficient (Wildman–Crippen LogP) is 0.515. The second kappa shape index (κ2) is 5.36. The van der Waals surface area contributed by atoms with Crippen molar-refractivity contribution in [1.29, 1.82) is 0 Å². The van der Waals surface area contributed by atoms with Gasteiger partial charge in [-0.2, -0.15) is 5.10 Å². The molecule has 1 N–H and O–H groups in total. The van der Waals surface area contributed by atoms with Gasteiger partial charge >= 0.3 is 0 Å². The molecule has 3 rings (SSSR count). The molecule has 0 bridgehead atoms. The topological polar surface area (TPSA) is 67.4 Å². The van der Waals surface area contributed by atoms with E-state index in [-0.39, 0.29) is 18.1 Å². The van der Waals surface area contributed by atoms with E-state index in [9.17, 15) is 4.79 Å². The van der Waals surface area contributed by atoms with E-state index in [4.69, 9.17) is 4.74 Å². The lowest BCUT2D eigenvalue weighted by molar-refractivity contribution is -0.131. The van der Waals surface area contributed by atoms with E-state index in [0.717, 1.165) is 37.4 Å². The number of aromatic nitrogens is 2. The van der Waals surface area contributed by atoms with Gasteiger partial charge in [-0.1, -0.05) is 0 Å². The first kappa shape index (κ1) is 13.3. The molecule has 2 aliphatic heterocycles. The van der Waals surface area contributed by atoms with Crippen molar-refractivity contribution in [2.45, 2.75) is 32.0 Å². The van der Waals surface area contributed by atoms with Crippen LogP contribution in [0.3, 0.4) is 0 Å². The van der Waals surface area contributed by atoms with Crippen LogP contribution in [0.2, 0.25) is 0 Å². The van der Waals surface area contributed by atoms with Crippen LogP contribution in [0.15, 0.2) is 12.1 Å². The third-order valence-electron chi connectivity index (χ3n) is 4.20. The third-order valence-corrected chi connectivity index (χ3v) is 4.20. The van der Waals surface area contributed by atoms with E-state index in [1.54, 1.807) is 7.05 Å². The first-order valence-electron chi connectivity index (χ1n) is 7.09. The highest BCUT2D eigenvalue weighted by atomic mass is 16.5. The van der Waals surface area contributed by atoms with Crippen molar-refractivity contribution in [3.8, 4) is 0 Å². The number of anilines is 1. The highest BCUT2D eigenvalue weighted by molar-refractivity contribution is 5.80. The molecule has 0 aromatic carbocycles. The van der Waals surface area contributed by atoms with Crippen molar-refractivity contribution in [3.05, 3.63) is 17.8 Å². The Morgan fingerprint density at radius 1 is 1.45 bits per heavy atom. The van der Waals surface area contributed by atoms with Gasteiger partial charge in [0, 0.05) is 20.1 Å². The normalized spacial score (nSPS) is 29.1. The number of ether oxygens (including phenoxy) is 1. The van der Waals surface area contributed by atoms with Crippen LogP contribution in [0.5, 0.6) is 0 Å². The van der Waals surface area contributed by atoms with Crippen molar-refractivity contribution in [3.63, 3.8) is 0 Å². The minimum absolute atomic E-state index is 0.0129. The van der Waals surface area contributed by atoms with Gasteiger partial charge in [0.1, 0.15) is 6.10 Å². The summed E-state index contributed by atoms with van der Waals surface area (Å²) in [5.74, 6) is 1.36. The van der Waals surface area contributed by atoms with Crippen molar-refractivity contribution in [1.82, 2.24) is 15.5 Å². The van der Waals surface area contributed by atoms with Crippen LogP contribution in [0.4, 0.5) is 5.82 Å². The molecule has 2 saturated heterocycles. The number of carbonyl (C=O) groups is 1. The summed E-state index contributed by atoms with van der Waals surface area (Å²) in [6, 6.07) is 3.96. The molecule has 0 radical (unpaired) electrons. The maximum Gasteiger partial charge on any atom is 0.248 e. The number of hydrogen-bond acceptors (Lipinski definition) is 5. The van der Waals surface area contributed by atoms with Gasteiger partial charge in [-0.25, -0.2) is 0 Å². The quantitative estimate of drug-likeness (QED) is 0.852. The molecule has 1 aromatic heterocycles. The molecule has 0 unspecified atom stereocenters. The molecule has 6 heteroatoms. The number of piperidine rings is 1. The maximum atomic E-state index is 11.7. The Morgan fingerprint density at radius 2 is 2.30 bits per heavy atom. The summed E-state index contributed by atoms with van der Waals surface area (Å²) in [6.07, 6.45) is 1.69. The summed E-state index contributed by atoms with van der Waals surface area (Å²) < 4.78 is 5.89. The second-order valence-corrected chi connectivity index (χ2v) is 5.54. The van der Waals surface area contributed by atoms with Crippen LogP contribution in [-0.2, 0) is 9.53 Å². The number of nitrogens with one attached hydrogen (secondary N) is 1. The Morgan fingerprint density at radius 3 is 3.00 bits per heavy atom. The van der Waals surface area contributed by atoms with Gasteiger partial charge in [0.05, 0.1) is 11.8 Å². The monoisotopic (exact) mass is 276 g/mol. The fourth-order valence-electron chi connectivity index (χ4n) is 3.03. The molecule has 108 valence electrons. The van der Waals surface area contributed by atoms with Crippen molar-refractivity contribution in [2.75, 3.05) is 25.0 Å². The zero-order valence-electron chi connectivity index (χ0n) is 11.9. The van der Waals surface area contributed by atoms with E-state index < -0.39 is 0 Å². The average molecular weight is 276 g/mol. The summed E-state index contributed by atoms with van der Waals surface area (Å²) in [4.78, 5) is 13.9. The number of nitrogens with zero attached hydrogens (tertiary/aromatic N) is 3. The average Bonchev–Trinajstić information content (AvgIpc) is 2.90. The number of amides is 1. The first-order valence-corrected chi connectivity index (χ1v) is 7.09. The number of likely N-dealkylation sites (N-methyl/N-ethyl adjacent to an activating group) is 1. The predicted molar refractivity (Wildman–Crippen MR) is 74.4 cm³/mol. The van der Waals surface area contributed by atoms with Crippen molar-refractivity contribution < 1.29 is 9.53 Å². The lowest BCUT2D eigenvalue weighted by atomic mass is 9.91. The largest absolute Gasteiger partial charge is 0.363 e. The van der Waals surface area contributed by atoms with Crippen LogP contribution in [-0.4, -0.2) is 48.4 Å². The Kier molecular flexibility index (Phi) is 3.56. The zero-order chi connectivity index (χ0) is 14.1. The molecule has 0 saturated carbocycles. The Hall–Kier alpha value is -1.69. The molecule has 1 aromatic rings. The van der Waals surface area contributed by atoms with Gasteiger partial charge < -0.3 is 15.0 Å². The number of fused-ring (bicyclic) bond motifs is 1. The van der Waals surface area contributed by atoms with Gasteiger partial charge in [-0.05, 0) is 37.8 Å². The van der Waals surface area contributed by atoms with Crippen LogP contribution in [0.25, 0.3) is 0 Å². The van der Waals surface area contributed by atoms with Gasteiger partial charge in [0.15, 0.2) is 5.82 Å². The second-order valence-electron chi connectivity index (χ2n) is 5.54. The minimum Gasteiger partial charge on any atom is -0.363 e. The standard InChI is InChI=1S/C14H20N4O2/c1-9-3-4-13(17-16-9)18-6-5-10-7-11(14(19)15-2)20-12(10)8-18/h3-4,10-12H,5-8H2,1-2H3,(H,15,19)/t10-,11+,12-/m0/s1. The van der Waals surface area contributed by atoms with Crippen LogP contribution in [0, 0.1) is 12.8 Å². The smallest absolute Gasteiger partial charge is 0.248 e. The first-order chi connectivity index (χ1) is 9.67. The lowest BCUT2D eigenvalue weighted by Crippen LogP contribution is -2.43. The van der Waals surface area contributed by atoms with Gasteiger partial charge in [-0.3, -0.25) is 4.79 Å². The van der Waals surface area contributed by atoms with E-state index >= 15 is 0 Å². The van der Waals surface area contributed by atoms with Gasteiger partial charge in [0.25, 0.3) is 0 Å². The Balaban J connectivity index is 1.67. The fourth-order valence-corrected chi connectivity index (χ4v) is 3.03. The van der Waals surface area contributed by atoms with Crippen molar-refractivity contribution in [2.24, 2.45) is 5.92 Å². The Labute approximate surface area is 118 Å². The third kappa shape index (κ3) is 2.47. The van der Waals surface area contributed by atoms with Crippen LogP contribution in [0.1, 0.15) is 18.5 Å². The summed E-state index contributed by atoms with van der Waals surface area (Å²) in [5.41, 5.74) is 0.917. The summed E-state index contributed by atoms with van der Waals surface area (Å²) in [7, 11) is 1.65. The molecule has 1 amide bonds. The number of carbonyl (C=O) groups excluding carboxylic acids is 1. The summed E-state index contributed by atoms with van der Waals surface area (Å²) >= 11 is 0. The molecule has 0 spiro atoms. The fraction of sp³-hybridized carbons (Fsp3) is 0.643. The molecule has 20 heavy (non-hydrogen) atoms. The number of hydrogen-bond donors (Lipinski definition) is 1. The van der Waals surface area contributed by atoms with Gasteiger partial charge in [0.2, 0.25) is 5.91 Å². The highest BCUT2D eigenvalue weighted by Crippen LogP contribution is 2.34. The van der Waals surface area contributed by atoms with E-state index in [1.807, 2.05) is 19.1 Å². The van der Waals surface area contributed by atoms with Crippen molar-refractivity contribution >= 4 is 11.7 Å². The summed E-state index contributed by atoms with van der Waals surface area (Å²) in [6.45, 7) is 3.66. The van der Waals surface area contributed by atoms with Crippen LogP contribution < -0.4 is 10.2 Å². The summed E-state index contributed by atoms with van der Waals surface area (Å²) in [5, 5.41) is 11.0. The molecular weight excluding hydrogens is 256 g/mol. The maximum absolute atomic E-state index is 11.7. The minimum atomic E-state index is -0.293. The molecule has 2 aliphatic rings. The number of aryl methyl sites for hydroxylation is 1. The molecule has 0 aliphatic carbocycles. The Bertz CT molecular complexity index is 490. The lowest BCUT2D eigenvalue weighted by Gasteiger charge is -2.34. The molecular formula is C14H20N4O2. The number of rotatable bonds is 2. The van der Waals surface area contributed by atoms with E-state index in [1.165, 1.54) is 0 Å². The van der Waals surface area contributed by atoms with Crippen LogP contribution >= 0.6 is 0 Å². The zero-order valence-corrected chi connectivity index (χ0v) is 11.9.